The standard InChI is InChI=1S/C6H5NS.C2H3FO2/c7-4-3-6-2-1-5-8-6;3-1-2(4)5/h1-3,5,7H;1H2,(H,4,5). The number of carboxylic acids is 1. The zero-order valence-electron chi connectivity index (χ0n) is 6.66. The zero-order valence-corrected chi connectivity index (χ0v) is 7.47. The normalized spacial score (nSPS) is 7.77. The van der Waals surface area contributed by atoms with Crippen LogP contribution in [-0.2, 0) is 4.79 Å². The van der Waals surface area contributed by atoms with E-state index in [9.17, 15) is 4.39 Å². The summed E-state index contributed by atoms with van der Waals surface area (Å²) in [6, 6.07) is 3.90. The molecule has 0 amide bonds. The predicted molar refractivity (Wildman–Crippen MR) is 50.1 cm³/mol. The van der Waals surface area contributed by atoms with Crippen molar-refractivity contribution in [3.63, 3.8) is 0 Å². The van der Waals surface area contributed by atoms with Gasteiger partial charge < -0.3 is 5.11 Å². The second kappa shape index (κ2) is 7.21. The van der Waals surface area contributed by atoms with Crippen molar-refractivity contribution in [2.45, 2.75) is 0 Å². The third-order valence-corrected chi connectivity index (χ3v) is 1.69. The average molecular weight is 201 g/mol. The Bertz CT molecular complexity index is 291. The molecule has 0 saturated heterocycles. The van der Waals surface area contributed by atoms with Crippen LogP contribution in [0.5, 0.6) is 0 Å². The Hall–Kier alpha value is -1.45. The van der Waals surface area contributed by atoms with Gasteiger partial charge in [-0.05, 0) is 17.3 Å². The van der Waals surface area contributed by atoms with E-state index in [1.807, 2.05) is 17.5 Å². The van der Waals surface area contributed by atoms with Gasteiger partial charge in [0.15, 0.2) is 6.67 Å². The van der Waals surface area contributed by atoms with Gasteiger partial charge in [0.05, 0.1) is 0 Å². The summed E-state index contributed by atoms with van der Waals surface area (Å²) in [5.41, 5.74) is 0. The molecule has 1 heterocycles. The molecule has 13 heavy (non-hydrogen) atoms. The minimum atomic E-state index is -1.41. The highest BCUT2D eigenvalue weighted by Gasteiger charge is 1.85. The van der Waals surface area contributed by atoms with Crippen molar-refractivity contribution >= 4 is 29.3 Å². The van der Waals surface area contributed by atoms with Crippen LogP contribution in [0.15, 0.2) is 17.5 Å². The SMILES string of the molecule is N=C=Cc1cccs1.O=C(O)CF. The molecule has 0 aromatic carbocycles. The number of rotatable bonds is 2. The Morgan fingerprint density at radius 2 is 2.46 bits per heavy atom. The van der Waals surface area contributed by atoms with Gasteiger partial charge in [0, 0.05) is 11.0 Å². The molecular weight excluding hydrogens is 193 g/mol. The van der Waals surface area contributed by atoms with E-state index in [-0.39, 0.29) is 0 Å². The van der Waals surface area contributed by atoms with Gasteiger partial charge in [-0.25, -0.2) is 9.18 Å². The van der Waals surface area contributed by atoms with Gasteiger partial charge in [0.25, 0.3) is 0 Å². The van der Waals surface area contributed by atoms with Gasteiger partial charge in [-0.15, -0.1) is 11.3 Å². The van der Waals surface area contributed by atoms with Crippen LogP contribution < -0.4 is 0 Å². The van der Waals surface area contributed by atoms with Gasteiger partial charge in [-0.1, -0.05) is 6.07 Å². The predicted octanol–water partition coefficient (Wildman–Crippen LogP) is 2.05. The van der Waals surface area contributed by atoms with Crippen LogP contribution in [0.3, 0.4) is 0 Å². The van der Waals surface area contributed by atoms with E-state index in [2.05, 4.69) is 5.87 Å². The topological polar surface area (TPSA) is 61.2 Å². The molecule has 0 aliphatic rings. The van der Waals surface area contributed by atoms with E-state index in [4.69, 9.17) is 15.3 Å². The first-order valence-corrected chi connectivity index (χ1v) is 4.15. The molecule has 0 spiro atoms. The molecule has 0 bridgehead atoms. The molecule has 2 N–H and O–H groups in total. The van der Waals surface area contributed by atoms with Crippen LogP contribution in [0.1, 0.15) is 4.88 Å². The smallest absolute Gasteiger partial charge is 0.335 e. The van der Waals surface area contributed by atoms with Crippen LogP contribution in [0, 0.1) is 5.41 Å². The Balaban J connectivity index is 0.000000252. The number of alkyl halides is 1. The van der Waals surface area contributed by atoms with E-state index in [0.717, 1.165) is 4.88 Å². The Morgan fingerprint density at radius 1 is 1.85 bits per heavy atom. The minimum Gasteiger partial charge on any atom is -0.479 e. The van der Waals surface area contributed by atoms with Crippen LogP contribution in [0.4, 0.5) is 4.39 Å². The molecule has 0 aliphatic heterocycles. The quantitative estimate of drug-likeness (QED) is 0.719. The van der Waals surface area contributed by atoms with E-state index >= 15 is 0 Å². The maximum atomic E-state index is 10.5. The van der Waals surface area contributed by atoms with Gasteiger partial charge in [-0.3, -0.25) is 5.41 Å². The average Bonchev–Trinajstić information content (AvgIpc) is 2.59. The molecule has 70 valence electrons. The maximum absolute atomic E-state index is 10.5. The van der Waals surface area contributed by atoms with Crippen molar-refractivity contribution in [3.8, 4) is 0 Å². The van der Waals surface area contributed by atoms with Crippen molar-refractivity contribution in [1.29, 1.82) is 5.41 Å². The fraction of sp³-hybridized carbons (Fsp3) is 0.125. The molecular formula is C8H8FNO2S. The number of hydrogen-bond acceptors (Lipinski definition) is 3. The summed E-state index contributed by atoms with van der Waals surface area (Å²) in [5, 5.41) is 15.9. The van der Waals surface area contributed by atoms with Crippen molar-refractivity contribution in [1.82, 2.24) is 0 Å². The summed E-state index contributed by atoms with van der Waals surface area (Å²) in [4.78, 5) is 10.1. The maximum Gasteiger partial charge on any atom is 0.335 e. The number of halogens is 1. The molecule has 1 rings (SSSR count). The molecule has 0 aliphatic carbocycles. The molecule has 0 unspecified atom stereocenters. The highest BCUT2D eigenvalue weighted by molar-refractivity contribution is 7.10. The lowest BCUT2D eigenvalue weighted by Crippen LogP contribution is -1.93. The first-order chi connectivity index (χ1) is 6.20. The first-order valence-electron chi connectivity index (χ1n) is 3.27. The molecule has 0 radical (unpaired) electrons. The second-order valence-electron chi connectivity index (χ2n) is 1.83. The van der Waals surface area contributed by atoms with E-state index < -0.39 is 12.6 Å². The van der Waals surface area contributed by atoms with E-state index in [1.165, 1.54) is 0 Å². The summed E-state index contributed by atoms with van der Waals surface area (Å²) < 4.78 is 10.5. The van der Waals surface area contributed by atoms with Gasteiger partial charge in [0.2, 0.25) is 0 Å². The molecule has 5 heteroatoms. The van der Waals surface area contributed by atoms with E-state index in [1.54, 1.807) is 17.4 Å². The molecule has 1 aromatic rings. The summed E-state index contributed by atoms with van der Waals surface area (Å²) in [6.45, 7) is -1.28. The highest BCUT2D eigenvalue weighted by Crippen LogP contribution is 2.07. The fourth-order valence-corrected chi connectivity index (χ4v) is 1.04. The number of hydrogen-bond donors (Lipinski definition) is 2. The summed E-state index contributed by atoms with van der Waals surface area (Å²) in [5.74, 6) is 0.793. The van der Waals surface area contributed by atoms with Crippen LogP contribution >= 0.6 is 11.3 Å². The minimum absolute atomic E-state index is 1.08. The van der Waals surface area contributed by atoms with Crippen LogP contribution in [-0.4, -0.2) is 23.6 Å². The lowest BCUT2D eigenvalue weighted by Gasteiger charge is -1.70. The molecule has 1 aromatic heterocycles. The Morgan fingerprint density at radius 3 is 2.77 bits per heavy atom. The van der Waals surface area contributed by atoms with Gasteiger partial charge in [-0.2, -0.15) is 0 Å². The van der Waals surface area contributed by atoms with Crippen LogP contribution in [0.2, 0.25) is 0 Å². The molecule has 0 atom stereocenters. The highest BCUT2D eigenvalue weighted by atomic mass is 32.1. The number of carbonyl (C=O) groups is 1. The summed E-state index contributed by atoms with van der Waals surface area (Å²) in [6.07, 6.45) is 1.64. The van der Waals surface area contributed by atoms with Crippen molar-refractivity contribution in [2.75, 3.05) is 6.67 Å². The molecule has 0 saturated carbocycles. The number of carboxylic acid groups (broad SMARTS) is 1. The number of aliphatic carboxylic acids is 1. The second-order valence-corrected chi connectivity index (χ2v) is 2.81. The fourth-order valence-electron chi connectivity index (χ4n) is 0.445. The summed E-state index contributed by atoms with van der Waals surface area (Å²) in [7, 11) is 0. The summed E-state index contributed by atoms with van der Waals surface area (Å²) >= 11 is 1.61. The zero-order chi connectivity index (χ0) is 10.1. The monoisotopic (exact) mass is 201 g/mol. The first kappa shape index (κ1) is 11.6. The third kappa shape index (κ3) is 6.93. The Kier molecular flexibility index (Phi) is 6.41. The Labute approximate surface area is 78.7 Å². The molecule has 0 fully saturated rings. The third-order valence-electron chi connectivity index (χ3n) is 0.872. The number of nitrogens with one attached hydrogen (secondary N) is 1. The molecule has 3 nitrogen and oxygen atoms in total. The van der Waals surface area contributed by atoms with Crippen molar-refractivity contribution in [3.05, 3.63) is 22.4 Å². The lowest BCUT2D eigenvalue weighted by molar-refractivity contribution is -0.137. The lowest BCUT2D eigenvalue weighted by atomic mass is 10.5. The van der Waals surface area contributed by atoms with Gasteiger partial charge in [0.1, 0.15) is 0 Å². The van der Waals surface area contributed by atoms with Crippen molar-refractivity contribution in [2.24, 2.45) is 0 Å². The number of thiophene rings is 1. The van der Waals surface area contributed by atoms with Gasteiger partial charge >= 0.3 is 5.97 Å². The van der Waals surface area contributed by atoms with E-state index in [0.29, 0.717) is 0 Å². The largest absolute Gasteiger partial charge is 0.479 e. The van der Waals surface area contributed by atoms with Crippen LogP contribution in [0.25, 0.3) is 6.08 Å². The van der Waals surface area contributed by atoms with Crippen molar-refractivity contribution < 1.29 is 14.3 Å².